The highest BCUT2D eigenvalue weighted by Crippen LogP contribution is 2.23. The Labute approximate surface area is 363 Å². The second-order valence-corrected chi connectivity index (χ2v) is 16.2. The Balaban J connectivity index is 2.36. The van der Waals surface area contributed by atoms with E-state index in [1.807, 2.05) is 0 Å². The minimum Gasteiger partial charge on any atom is -0.479 e. The average Bonchev–Trinajstić information content (AvgIpc) is 3.23. The van der Waals surface area contributed by atoms with Crippen LogP contribution >= 0.6 is 0 Å². The second-order valence-electron chi connectivity index (χ2n) is 16.2. The summed E-state index contributed by atoms with van der Waals surface area (Å²) in [6, 6.07) is 0. The monoisotopic (exact) mass is 849 g/mol. The summed E-state index contributed by atoms with van der Waals surface area (Å²) in [6.07, 6.45) is 37.2. The zero-order valence-electron chi connectivity index (χ0n) is 37.4. The van der Waals surface area contributed by atoms with E-state index in [1.165, 1.54) is 64.2 Å². The van der Waals surface area contributed by atoms with Gasteiger partial charge < -0.3 is 39.4 Å². The van der Waals surface area contributed by atoms with Crippen molar-refractivity contribution < 1.29 is 53.8 Å². The summed E-state index contributed by atoms with van der Waals surface area (Å²) in [7, 11) is 0. The number of rotatable bonds is 39. The molecule has 1 fully saturated rings. The summed E-state index contributed by atoms with van der Waals surface area (Å²) in [6.45, 7) is 3.76. The molecule has 0 aliphatic carbocycles. The molecule has 11 heteroatoms. The number of allylic oxidation sites excluding steroid dienone is 8. The lowest BCUT2D eigenvalue weighted by Crippen LogP contribution is -2.60. The molecule has 6 unspecified atom stereocenters. The number of carbonyl (C=O) groups is 3. The third-order valence-electron chi connectivity index (χ3n) is 10.7. The SMILES string of the molecule is CCCCC/C=C\C/C=C\C/C=C\CCCCCCCCC(=O)OCC(COC1OC(C(=O)O)C(O)C(O)C1O)OC(=O)CCCCCCC/C=C\CCCCCCCC. The maximum Gasteiger partial charge on any atom is 0.335 e. The zero-order chi connectivity index (χ0) is 43.9. The Morgan fingerprint density at radius 2 is 0.933 bits per heavy atom. The van der Waals surface area contributed by atoms with E-state index in [0.717, 1.165) is 89.9 Å². The summed E-state index contributed by atoms with van der Waals surface area (Å²) in [5, 5.41) is 39.8. The van der Waals surface area contributed by atoms with Crippen LogP contribution in [0, 0.1) is 0 Å². The first-order valence-corrected chi connectivity index (χ1v) is 23.7. The van der Waals surface area contributed by atoms with Gasteiger partial charge in [-0.15, -0.1) is 0 Å². The molecule has 0 radical (unpaired) electrons. The number of hydrogen-bond donors (Lipinski definition) is 4. The highest BCUT2D eigenvalue weighted by Gasteiger charge is 2.47. The lowest BCUT2D eigenvalue weighted by Gasteiger charge is -2.38. The van der Waals surface area contributed by atoms with Gasteiger partial charge in [0, 0.05) is 12.8 Å². The highest BCUT2D eigenvalue weighted by molar-refractivity contribution is 5.73. The van der Waals surface area contributed by atoms with E-state index in [1.54, 1.807) is 0 Å². The van der Waals surface area contributed by atoms with Gasteiger partial charge in [0.25, 0.3) is 0 Å². The standard InChI is InChI=1S/C49H84O11/c1-3-5-7-9-11-13-15-17-19-20-21-22-24-25-27-29-31-33-35-37-42(50)57-39-41(40-58-49-46(54)44(52)45(53)47(60-49)48(55)56)59-43(51)38-36-34-32-30-28-26-23-18-16-14-12-10-8-6-4-2/h11,13,17-19,21-23,41,44-47,49,52-54H,3-10,12,14-16,20,24-40H2,1-2H3,(H,55,56)/b13-11-,19-17-,22-21-,23-18-. The van der Waals surface area contributed by atoms with Crippen molar-refractivity contribution in [3.63, 3.8) is 0 Å². The van der Waals surface area contributed by atoms with Crippen molar-refractivity contribution in [2.45, 2.75) is 230 Å². The largest absolute Gasteiger partial charge is 0.479 e. The van der Waals surface area contributed by atoms with Crippen molar-refractivity contribution in [2.24, 2.45) is 0 Å². The van der Waals surface area contributed by atoms with Crippen LogP contribution in [-0.2, 0) is 33.3 Å². The molecule has 1 rings (SSSR count). The molecule has 1 heterocycles. The number of aliphatic hydroxyl groups is 3. The van der Waals surface area contributed by atoms with Crippen molar-refractivity contribution in [3.8, 4) is 0 Å². The van der Waals surface area contributed by atoms with Gasteiger partial charge in [-0.3, -0.25) is 9.59 Å². The summed E-state index contributed by atoms with van der Waals surface area (Å²) in [5.74, 6) is -2.47. The van der Waals surface area contributed by atoms with Crippen LogP contribution in [0.2, 0.25) is 0 Å². The number of aliphatic carboxylic acids is 1. The molecule has 11 nitrogen and oxygen atoms in total. The number of hydrogen-bond acceptors (Lipinski definition) is 10. The number of ether oxygens (including phenoxy) is 4. The summed E-state index contributed by atoms with van der Waals surface area (Å²) in [4.78, 5) is 36.9. The minimum atomic E-state index is -1.87. The third kappa shape index (κ3) is 30.2. The topological polar surface area (TPSA) is 169 Å². The van der Waals surface area contributed by atoms with Gasteiger partial charge in [-0.05, 0) is 77.0 Å². The lowest BCUT2D eigenvalue weighted by atomic mass is 9.99. The molecule has 1 aliphatic rings. The van der Waals surface area contributed by atoms with E-state index in [2.05, 4.69) is 62.5 Å². The molecular formula is C49H84O11. The quantitative estimate of drug-likeness (QED) is 0.0264. The predicted molar refractivity (Wildman–Crippen MR) is 238 cm³/mol. The highest BCUT2D eigenvalue weighted by atomic mass is 16.7. The van der Waals surface area contributed by atoms with Crippen LogP contribution in [0.1, 0.15) is 194 Å². The van der Waals surface area contributed by atoms with E-state index >= 15 is 0 Å². The fourth-order valence-corrected chi connectivity index (χ4v) is 6.88. The molecule has 0 aromatic carbocycles. The van der Waals surface area contributed by atoms with Crippen molar-refractivity contribution >= 4 is 17.9 Å². The van der Waals surface area contributed by atoms with Crippen LogP contribution < -0.4 is 0 Å². The number of carboxylic acid groups (broad SMARTS) is 1. The molecule has 60 heavy (non-hydrogen) atoms. The van der Waals surface area contributed by atoms with Crippen molar-refractivity contribution in [3.05, 3.63) is 48.6 Å². The van der Waals surface area contributed by atoms with E-state index < -0.39 is 61.3 Å². The van der Waals surface area contributed by atoms with Gasteiger partial charge in [-0.25, -0.2) is 4.79 Å². The first-order chi connectivity index (χ1) is 29.2. The number of aliphatic hydroxyl groups excluding tert-OH is 3. The molecule has 6 atom stereocenters. The zero-order valence-corrected chi connectivity index (χ0v) is 37.4. The maximum atomic E-state index is 12.8. The first kappa shape index (κ1) is 55.2. The normalized spacial score (nSPS) is 20.2. The van der Waals surface area contributed by atoms with Gasteiger partial charge in [-0.1, -0.05) is 152 Å². The lowest BCUT2D eigenvalue weighted by molar-refractivity contribution is -0.298. The molecule has 1 aliphatic heterocycles. The molecule has 0 spiro atoms. The fraction of sp³-hybridized carbons (Fsp3) is 0.776. The Morgan fingerprint density at radius 3 is 1.45 bits per heavy atom. The van der Waals surface area contributed by atoms with Gasteiger partial charge >= 0.3 is 17.9 Å². The van der Waals surface area contributed by atoms with Gasteiger partial charge in [-0.2, -0.15) is 0 Å². The molecule has 0 aromatic rings. The summed E-state index contributed by atoms with van der Waals surface area (Å²) in [5.41, 5.74) is 0. The molecule has 0 aromatic heterocycles. The van der Waals surface area contributed by atoms with Crippen LogP contribution in [0.5, 0.6) is 0 Å². The first-order valence-electron chi connectivity index (χ1n) is 23.7. The number of unbranched alkanes of at least 4 members (excludes halogenated alkanes) is 20. The second kappa shape index (κ2) is 39.0. The molecule has 346 valence electrons. The third-order valence-corrected chi connectivity index (χ3v) is 10.7. The molecule has 0 amide bonds. The van der Waals surface area contributed by atoms with Crippen LogP contribution in [-0.4, -0.2) is 88.4 Å². The van der Waals surface area contributed by atoms with Crippen LogP contribution in [0.15, 0.2) is 48.6 Å². The van der Waals surface area contributed by atoms with Crippen molar-refractivity contribution in [1.29, 1.82) is 0 Å². The predicted octanol–water partition coefficient (Wildman–Crippen LogP) is 10.5. The number of carbonyl (C=O) groups excluding carboxylic acids is 2. The van der Waals surface area contributed by atoms with Crippen LogP contribution in [0.3, 0.4) is 0 Å². The number of esters is 2. The Hall–Kier alpha value is -2.83. The summed E-state index contributed by atoms with van der Waals surface area (Å²) >= 11 is 0. The average molecular weight is 849 g/mol. The van der Waals surface area contributed by atoms with E-state index in [0.29, 0.717) is 12.8 Å². The minimum absolute atomic E-state index is 0.169. The maximum absolute atomic E-state index is 12.8. The van der Waals surface area contributed by atoms with Gasteiger partial charge in [0.1, 0.15) is 24.9 Å². The molecular weight excluding hydrogens is 765 g/mol. The van der Waals surface area contributed by atoms with Gasteiger partial charge in [0.15, 0.2) is 18.5 Å². The van der Waals surface area contributed by atoms with Crippen molar-refractivity contribution in [1.82, 2.24) is 0 Å². The molecule has 4 N–H and O–H groups in total. The van der Waals surface area contributed by atoms with E-state index in [-0.39, 0.29) is 19.4 Å². The van der Waals surface area contributed by atoms with E-state index in [4.69, 9.17) is 18.9 Å². The molecule has 1 saturated heterocycles. The van der Waals surface area contributed by atoms with Gasteiger partial charge in [0.05, 0.1) is 6.61 Å². The van der Waals surface area contributed by atoms with Crippen LogP contribution in [0.4, 0.5) is 0 Å². The number of carboxylic acids is 1. The Kier molecular flexibility index (Phi) is 35.9. The fourth-order valence-electron chi connectivity index (χ4n) is 6.88. The van der Waals surface area contributed by atoms with Crippen LogP contribution in [0.25, 0.3) is 0 Å². The molecule has 0 bridgehead atoms. The van der Waals surface area contributed by atoms with E-state index in [9.17, 15) is 34.8 Å². The molecule has 0 saturated carbocycles. The summed E-state index contributed by atoms with van der Waals surface area (Å²) < 4.78 is 21.7. The Morgan fingerprint density at radius 1 is 0.517 bits per heavy atom. The van der Waals surface area contributed by atoms with Crippen molar-refractivity contribution in [2.75, 3.05) is 13.2 Å². The Bertz CT molecular complexity index is 1180. The smallest absolute Gasteiger partial charge is 0.335 e. The van der Waals surface area contributed by atoms with Gasteiger partial charge in [0.2, 0.25) is 0 Å².